The molecular formula is C14H22N2O4S. The van der Waals surface area contributed by atoms with Crippen molar-refractivity contribution >= 4 is 29.5 Å². The molecule has 0 saturated carbocycles. The number of nitrogens with zero attached hydrogens (tertiary/aromatic N) is 1. The first-order chi connectivity index (χ1) is 9.97. The highest BCUT2D eigenvalue weighted by Crippen LogP contribution is 2.40. The SMILES string of the molecule is NC(=O)CSCCC(=O)N1C2CCC1CC(CC(=O)O)C2. The Morgan fingerprint density at radius 2 is 1.81 bits per heavy atom. The van der Waals surface area contributed by atoms with Crippen LogP contribution in [0, 0.1) is 5.92 Å². The number of hydrogen-bond acceptors (Lipinski definition) is 4. The molecule has 2 bridgehead atoms. The van der Waals surface area contributed by atoms with E-state index in [1.165, 1.54) is 11.8 Å². The van der Waals surface area contributed by atoms with Crippen molar-refractivity contribution in [3.05, 3.63) is 0 Å². The minimum absolute atomic E-state index is 0.133. The number of rotatable bonds is 7. The van der Waals surface area contributed by atoms with Crippen LogP contribution in [0.1, 0.15) is 38.5 Å². The minimum atomic E-state index is -0.748. The van der Waals surface area contributed by atoms with E-state index >= 15 is 0 Å². The van der Waals surface area contributed by atoms with Crippen molar-refractivity contribution in [2.24, 2.45) is 11.7 Å². The smallest absolute Gasteiger partial charge is 0.303 e. The zero-order valence-electron chi connectivity index (χ0n) is 12.0. The van der Waals surface area contributed by atoms with Crippen molar-refractivity contribution in [2.45, 2.75) is 50.6 Å². The van der Waals surface area contributed by atoms with Crippen LogP contribution in [0.3, 0.4) is 0 Å². The average molecular weight is 314 g/mol. The van der Waals surface area contributed by atoms with Crippen LogP contribution >= 0.6 is 11.8 Å². The number of amides is 2. The molecule has 0 aromatic rings. The molecule has 2 heterocycles. The normalized spacial score (nSPS) is 27.6. The van der Waals surface area contributed by atoms with Crippen molar-refractivity contribution < 1.29 is 19.5 Å². The third-order valence-electron chi connectivity index (χ3n) is 4.29. The van der Waals surface area contributed by atoms with Crippen LogP contribution in [0.2, 0.25) is 0 Å². The summed E-state index contributed by atoms with van der Waals surface area (Å²) in [4.78, 5) is 35.8. The summed E-state index contributed by atoms with van der Waals surface area (Å²) < 4.78 is 0. The van der Waals surface area contributed by atoms with Gasteiger partial charge in [0.05, 0.1) is 5.75 Å². The van der Waals surface area contributed by atoms with Crippen LogP contribution < -0.4 is 5.73 Å². The Labute approximate surface area is 128 Å². The second-order valence-corrected chi connectivity index (χ2v) is 7.00. The first-order valence-corrected chi connectivity index (χ1v) is 8.52. The van der Waals surface area contributed by atoms with Gasteiger partial charge in [0.2, 0.25) is 11.8 Å². The number of carbonyl (C=O) groups excluding carboxylic acids is 2. The quantitative estimate of drug-likeness (QED) is 0.678. The number of carbonyl (C=O) groups is 3. The first kappa shape index (κ1) is 16.1. The number of piperidine rings is 1. The van der Waals surface area contributed by atoms with E-state index in [4.69, 9.17) is 10.8 Å². The molecule has 0 aromatic heterocycles. The summed E-state index contributed by atoms with van der Waals surface area (Å²) in [6.07, 6.45) is 4.23. The lowest BCUT2D eigenvalue weighted by atomic mass is 9.88. The van der Waals surface area contributed by atoms with Gasteiger partial charge in [-0.05, 0) is 31.6 Å². The minimum Gasteiger partial charge on any atom is -0.481 e. The van der Waals surface area contributed by atoms with Gasteiger partial charge in [0.25, 0.3) is 0 Å². The molecule has 7 heteroatoms. The predicted molar refractivity (Wildman–Crippen MR) is 79.8 cm³/mol. The van der Waals surface area contributed by atoms with Crippen molar-refractivity contribution in [2.75, 3.05) is 11.5 Å². The van der Waals surface area contributed by atoms with Crippen molar-refractivity contribution in [3.8, 4) is 0 Å². The molecule has 0 radical (unpaired) electrons. The zero-order chi connectivity index (χ0) is 15.4. The maximum absolute atomic E-state index is 12.3. The molecule has 2 amide bonds. The fourth-order valence-corrected chi connectivity index (χ4v) is 4.24. The summed E-state index contributed by atoms with van der Waals surface area (Å²) >= 11 is 1.39. The van der Waals surface area contributed by atoms with E-state index in [-0.39, 0.29) is 42.0 Å². The number of fused-ring (bicyclic) bond motifs is 2. The lowest BCUT2D eigenvalue weighted by Crippen LogP contribution is -2.47. The van der Waals surface area contributed by atoms with Crippen LogP contribution in [-0.2, 0) is 14.4 Å². The van der Waals surface area contributed by atoms with Gasteiger partial charge >= 0.3 is 5.97 Å². The van der Waals surface area contributed by atoms with E-state index in [0.717, 1.165) is 25.7 Å². The monoisotopic (exact) mass is 314 g/mol. The van der Waals surface area contributed by atoms with Crippen LogP contribution in [-0.4, -0.2) is 51.4 Å². The molecular weight excluding hydrogens is 292 g/mol. The zero-order valence-corrected chi connectivity index (χ0v) is 12.8. The second-order valence-electron chi connectivity index (χ2n) is 5.89. The second kappa shape index (κ2) is 7.15. The number of nitrogens with two attached hydrogens (primary N) is 1. The van der Waals surface area contributed by atoms with Gasteiger partial charge in [-0.1, -0.05) is 0 Å². The van der Waals surface area contributed by atoms with Gasteiger partial charge in [0.15, 0.2) is 0 Å². The molecule has 2 atom stereocenters. The molecule has 21 heavy (non-hydrogen) atoms. The van der Waals surface area contributed by atoms with Crippen molar-refractivity contribution in [3.63, 3.8) is 0 Å². The molecule has 0 aromatic carbocycles. The number of thioether (sulfide) groups is 1. The molecule has 118 valence electrons. The van der Waals surface area contributed by atoms with Crippen LogP contribution in [0.15, 0.2) is 0 Å². The highest BCUT2D eigenvalue weighted by atomic mass is 32.2. The fraction of sp³-hybridized carbons (Fsp3) is 0.786. The summed E-state index contributed by atoms with van der Waals surface area (Å²) in [6, 6.07) is 0.420. The molecule has 2 fully saturated rings. The first-order valence-electron chi connectivity index (χ1n) is 7.36. The summed E-state index contributed by atoms with van der Waals surface area (Å²) in [5, 5.41) is 8.90. The van der Waals surface area contributed by atoms with Gasteiger partial charge in [-0.3, -0.25) is 14.4 Å². The maximum Gasteiger partial charge on any atom is 0.303 e. The molecule has 0 spiro atoms. The Morgan fingerprint density at radius 1 is 1.19 bits per heavy atom. The van der Waals surface area contributed by atoms with Crippen LogP contribution in [0.4, 0.5) is 0 Å². The number of primary amides is 1. The Hall–Kier alpha value is -1.24. The van der Waals surface area contributed by atoms with E-state index < -0.39 is 5.97 Å². The Balaban J connectivity index is 1.81. The summed E-state index contributed by atoms with van der Waals surface area (Å²) in [6.45, 7) is 0. The topological polar surface area (TPSA) is 101 Å². The number of carboxylic acids is 1. The van der Waals surface area contributed by atoms with Crippen LogP contribution in [0.5, 0.6) is 0 Å². The van der Waals surface area contributed by atoms with E-state index in [2.05, 4.69) is 0 Å². The average Bonchev–Trinajstić information content (AvgIpc) is 2.65. The molecule has 3 N–H and O–H groups in total. The third-order valence-corrected chi connectivity index (χ3v) is 5.27. The van der Waals surface area contributed by atoms with Gasteiger partial charge in [-0.25, -0.2) is 0 Å². The highest BCUT2D eigenvalue weighted by molar-refractivity contribution is 7.99. The fourth-order valence-electron chi connectivity index (χ4n) is 3.57. The standard InChI is InChI=1S/C14H22N2O4S/c15-12(17)8-21-4-3-13(18)16-10-1-2-11(16)6-9(5-10)7-14(19)20/h9-11H,1-8H2,(H2,15,17)(H,19,20). The van der Waals surface area contributed by atoms with Crippen molar-refractivity contribution in [1.82, 2.24) is 4.90 Å². The molecule has 2 saturated heterocycles. The van der Waals surface area contributed by atoms with Gasteiger partial charge < -0.3 is 15.7 Å². The van der Waals surface area contributed by atoms with Gasteiger partial charge in [-0.15, -0.1) is 0 Å². The molecule has 6 nitrogen and oxygen atoms in total. The predicted octanol–water partition coefficient (Wildman–Crippen LogP) is 0.839. The van der Waals surface area contributed by atoms with Gasteiger partial charge in [0, 0.05) is 30.7 Å². The summed E-state index contributed by atoms with van der Waals surface area (Å²) in [5.74, 6) is 0.0856. The summed E-state index contributed by atoms with van der Waals surface area (Å²) in [7, 11) is 0. The Bertz CT molecular complexity index is 415. The number of carboxylic acid groups (broad SMARTS) is 1. The number of hydrogen-bond donors (Lipinski definition) is 2. The van der Waals surface area contributed by atoms with Crippen LogP contribution in [0.25, 0.3) is 0 Å². The largest absolute Gasteiger partial charge is 0.481 e. The molecule has 2 unspecified atom stereocenters. The van der Waals surface area contributed by atoms with Crippen molar-refractivity contribution in [1.29, 1.82) is 0 Å². The van der Waals surface area contributed by atoms with E-state index in [9.17, 15) is 14.4 Å². The van der Waals surface area contributed by atoms with E-state index in [1.54, 1.807) is 0 Å². The van der Waals surface area contributed by atoms with Gasteiger partial charge in [0.1, 0.15) is 0 Å². The van der Waals surface area contributed by atoms with Gasteiger partial charge in [-0.2, -0.15) is 11.8 Å². The summed E-state index contributed by atoms with van der Waals surface area (Å²) in [5.41, 5.74) is 5.06. The molecule has 2 rings (SSSR count). The maximum atomic E-state index is 12.3. The highest BCUT2D eigenvalue weighted by Gasteiger charge is 2.43. The lowest BCUT2D eigenvalue weighted by Gasteiger charge is -2.38. The van der Waals surface area contributed by atoms with E-state index in [0.29, 0.717) is 12.2 Å². The molecule has 0 aliphatic carbocycles. The lowest BCUT2D eigenvalue weighted by molar-refractivity contribution is -0.140. The molecule has 2 aliphatic rings. The third kappa shape index (κ3) is 4.36. The Kier molecular flexibility index (Phi) is 5.50. The van der Waals surface area contributed by atoms with E-state index in [1.807, 2.05) is 4.90 Å². The molecule has 2 aliphatic heterocycles. The number of aliphatic carboxylic acids is 1. The Morgan fingerprint density at radius 3 is 2.33 bits per heavy atom.